The molecule has 1 aliphatic heterocycles. The van der Waals surface area contributed by atoms with Crippen molar-refractivity contribution in [3.05, 3.63) is 35.1 Å². The number of methoxy groups -OCH3 is 1. The molecule has 7 heteroatoms. The summed E-state index contributed by atoms with van der Waals surface area (Å²) in [7, 11) is 3.33. The minimum Gasteiger partial charge on any atom is -0.380 e. The number of hydrogen-bond acceptors (Lipinski definition) is 3. The average Bonchev–Trinajstić information content (AvgIpc) is 3.05. The van der Waals surface area contributed by atoms with Crippen molar-refractivity contribution in [3.63, 3.8) is 0 Å². The first-order chi connectivity index (χ1) is 11.7. The maximum atomic E-state index is 13.6. The normalized spacial score (nSPS) is 18.1. The maximum Gasteiger partial charge on any atom is 0.191 e. The zero-order valence-electron chi connectivity index (χ0n) is 15.3. The smallest absolute Gasteiger partial charge is 0.191 e. The van der Waals surface area contributed by atoms with Crippen LogP contribution in [0.2, 0.25) is 0 Å². The summed E-state index contributed by atoms with van der Waals surface area (Å²) in [6.07, 6.45) is 2.50. The number of benzene rings is 1. The zero-order valence-corrected chi connectivity index (χ0v) is 17.7. The molecule has 0 radical (unpaired) electrons. The lowest BCUT2D eigenvalue weighted by Gasteiger charge is -2.24. The van der Waals surface area contributed by atoms with Crippen molar-refractivity contribution in [1.29, 1.82) is 0 Å². The largest absolute Gasteiger partial charge is 0.380 e. The van der Waals surface area contributed by atoms with Crippen LogP contribution in [0.4, 0.5) is 4.39 Å². The van der Waals surface area contributed by atoms with Crippen molar-refractivity contribution in [2.24, 2.45) is 4.99 Å². The molecular weight excluding hydrogens is 434 g/mol. The molecule has 0 amide bonds. The van der Waals surface area contributed by atoms with E-state index in [9.17, 15) is 4.39 Å². The number of aliphatic imine (C=N–C) groups is 1. The van der Waals surface area contributed by atoms with Gasteiger partial charge in [-0.05, 0) is 43.6 Å². The van der Waals surface area contributed by atoms with Crippen molar-refractivity contribution in [2.75, 3.05) is 33.8 Å². The van der Waals surface area contributed by atoms with Crippen LogP contribution >= 0.6 is 24.0 Å². The zero-order chi connectivity index (χ0) is 17.4. The molecule has 1 atom stereocenters. The fourth-order valence-electron chi connectivity index (χ4n) is 3.17. The van der Waals surface area contributed by atoms with E-state index in [-0.39, 0.29) is 36.4 Å². The Morgan fingerprint density at radius 1 is 1.40 bits per heavy atom. The van der Waals surface area contributed by atoms with E-state index in [0.29, 0.717) is 18.2 Å². The summed E-state index contributed by atoms with van der Waals surface area (Å²) in [5.74, 6) is 0.541. The molecule has 1 unspecified atom stereocenters. The Kier molecular flexibility index (Phi) is 10.3. The first kappa shape index (κ1) is 22.1. The maximum absolute atomic E-state index is 13.6. The van der Waals surface area contributed by atoms with E-state index in [4.69, 9.17) is 4.74 Å². The molecule has 142 valence electrons. The van der Waals surface area contributed by atoms with E-state index in [2.05, 4.69) is 27.4 Å². The summed E-state index contributed by atoms with van der Waals surface area (Å²) in [5.41, 5.74) is 1.58. The number of likely N-dealkylation sites (tertiary alicyclic amines) is 1. The molecule has 1 aliphatic rings. The summed E-state index contributed by atoms with van der Waals surface area (Å²) in [6.45, 7) is 6.26. The van der Waals surface area contributed by atoms with Gasteiger partial charge in [0, 0.05) is 38.9 Å². The van der Waals surface area contributed by atoms with Gasteiger partial charge in [0.25, 0.3) is 0 Å². The molecule has 0 spiro atoms. The van der Waals surface area contributed by atoms with Crippen LogP contribution in [-0.2, 0) is 17.9 Å². The van der Waals surface area contributed by atoms with Crippen LogP contribution in [0.1, 0.15) is 30.9 Å². The van der Waals surface area contributed by atoms with E-state index in [1.807, 2.05) is 6.07 Å². The van der Waals surface area contributed by atoms with Crippen LogP contribution in [0.15, 0.2) is 23.2 Å². The summed E-state index contributed by atoms with van der Waals surface area (Å²) in [4.78, 5) is 6.77. The second-order valence-corrected chi connectivity index (χ2v) is 6.09. The molecule has 1 aromatic rings. The first-order valence-corrected chi connectivity index (χ1v) is 8.62. The van der Waals surface area contributed by atoms with Gasteiger partial charge in [0.2, 0.25) is 0 Å². The SMILES string of the molecule is CCN1CCCC1CNC(=NC)NCc1ccc(F)c(COC)c1.I. The highest BCUT2D eigenvalue weighted by atomic mass is 127. The van der Waals surface area contributed by atoms with Crippen molar-refractivity contribution in [3.8, 4) is 0 Å². The van der Waals surface area contributed by atoms with Gasteiger partial charge in [-0.3, -0.25) is 9.89 Å². The first-order valence-electron chi connectivity index (χ1n) is 8.62. The van der Waals surface area contributed by atoms with Gasteiger partial charge in [0.15, 0.2) is 5.96 Å². The summed E-state index contributed by atoms with van der Waals surface area (Å²) in [5, 5.41) is 6.68. The minimum absolute atomic E-state index is 0. The standard InChI is InChI=1S/C18H29FN4O.HI/c1-4-23-9-5-6-16(23)12-22-18(20-2)21-11-14-7-8-17(19)15(10-14)13-24-3;/h7-8,10,16H,4-6,9,11-13H2,1-3H3,(H2,20,21,22);1H. The number of hydrogen-bond donors (Lipinski definition) is 2. The number of nitrogens with one attached hydrogen (secondary N) is 2. The van der Waals surface area contributed by atoms with Crippen LogP contribution in [0.25, 0.3) is 0 Å². The molecule has 1 aromatic carbocycles. The second-order valence-electron chi connectivity index (χ2n) is 6.09. The Labute approximate surface area is 167 Å². The molecular formula is C18H30FIN4O. The van der Waals surface area contributed by atoms with Crippen LogP contribution < -0.4 is 10.6 Å². The van der Waals surface area contributed by atoms with E-state index in [0.717, 1.165) is 24.6 Å². The fourth-order valence-corrected chi connectivity index (χ4v) is 3.17. The van der Waals surface area contributed by atoms with Gasteiger partial charge in [0.05, 0.1) is 6.61 Å². The molecule has 2 rings (SSSR count). The van der Waals surface area contributed by atoms with E-state index in [1.54, 1.807) is 20.2 Å². The lowest BCUT2D eigenvalue weighted by molar-refractivity contribution is 0.181. The summed E-state index contributed by atoms with van der Waals surface area (Å²) in [6, 6.07) is 5.67. The highest BCUT2D eigenvalue weighted by molar-refractivity contribution is 14.0. The van der Waals surface area contributed by atoms with Gasteiger partial charge in [-0.25, -0.2) is 4.39 Å². The van der Waals surface area contributed by atoms with Crippen LogP contribution in [0.3, 0.4) is 0 Å². The third kappa shape index (κ3) is 6.71. The molecule has 1 fully saturated rings. The Hall–Kier alpha value is -0.930. The van der Waals surface area contributed by atoms with Crippen LogP contribution in [0, 0.1) is 5.82 Å². The predicted octanol–water partition coefficient (Wildman–Crippen LogP) is 2.74. The molecule has 1 heterocycles. The van der Waals surface area contributed by atoms with Crippen LogP contribution in [0.5, 0.6) is 0 Å². The predicted molar refractivity (Wildman–Crippen MR) is 111 cm³/mol. The van der Waals surface area contributed by atoms with E-state index < -0.39 is 0 Å². The molecule has 0 aliphatic carbocycles. The Balaban J connectivity index is 0.00000312. The summed E-state index contributed by atoms with van der Waals surface area (Å²) < 4.78 is 18.7. The minimum atomic E-state index is -0.232. The number of guanidine groups is 1. The van der Waals surface area contributed by atoms with Crippen molar-refractivity contribution < 1.29 is 9.13 Å². The number of rotatable bonds is 7. The summed E-state index contributed by atoms with van der Waals surface area (Å²) >= 11 is 0. The molecule has 0 bridgehead atoms. The molecule has 25 heavy (non-hydrogen) atoms. The highest BCUT2D eigenvalue weighted by Gasteiger charge is 2.22. The van der Waals surface area contributed by atoms with Gasteiger partial charge in [0.1, 0.15) is 5.82 Å². The molecule has 0 aromatic heterocycles. The molecule has 0 saturated carbocycles. The van der Waals surface area contributed by atoms with Crippen LogP contribution in [-0.4, -0.2) is 50.7 Å². The molecule has 2 N–H and O–H groups in total. The Morgan fingerprint density at radius 3 is 2.88 bits per heavy atom. The van der Waals surface area contributed by atoms with Crippen molar-refractivity contribution in [1.82, 2.24) is 15.5 Å². The second kappa shape index (κ2) is 11.6. The number of halogens is 2. The number of likely N-dealkylation sites (N-methyl/N-ethyl adjacent to an activating group) is 1. The monoisotopic (exact) mass is 464 g/mol. The van der Waals surface area contributed by atoms with Crippen molar-refractivity contribution >= 4 is 29.9 Å². The van der Waals surface area contributed by atoms with Gasteiger partial charge in [-0.1, -0.05) is 13.0 Å². The Bertz CT molecular complexity index is 556. The third-order valence-corrected chi connectivity index (χ3v) is 4.50. The average molecular weight is 464 g/mol. The van der Waals surface area contributed by atoms with E-state index in [1.165, 1.54) is 25.5 Å². The van der Waals surface area contributed by atoms with Gasteiger partial charge >= 0.3 is 0 Å². The lowest BCUT2D eigenvalue weighted by Crippen LogP contribution is -2.44. The fraction of sp³-hybridized carbons (Fsp3) is 0.611. The highest BCUT2D eigenvalue weighted by Crippen LogP contribution is 2.15. The third-order valence-electron chi connectivity index (χ3n) is 4.50. The topological polar surface area (TPSA) is 48.9 Å². The Morgan fingerprint density at radius 2 is 2.20 bits per heavy atom. The number of ether oxygens (including phenoxy) is 1. The van der Waals surface area contributed by atoms with Gasteiger partial charge < -0.3 is 15.4 Å². The van der Waals surface area contributed by atoms with E-state index >= 15 is 0 Å². The van der Waals surface area contributed by atoms with Crippen molar-refractivity contribution in [2.45, 2.75) is 39.0 Å². The van der Waals surface area contributed by atoms with Gasteiger partial charge in [-0.2, -0.15) is 0 Å². The van der Waals surface area contributed by atoms with Gasteiger partial charge in [-0.15, -0.1) is 24.0 Å². The lowest BCUT2D eigenvalue weighted by atomic mass is 10.1. The molecule has 1 saturated heterocycles. The molecule has 5 nitrogen and oxygen atoms in total. The quantitative estimate of drug-likeness (QED) is 0.370. The number of nitrogens with zero attached hydrogens (tertiary/aromatic N) is 2.